The van der Waals surface area contributed by atoms with Crippen LogP contribution < -0.4 is 4.72 Å². The number of aliphatic hydroxyl groups excluding tert-OH is 1. The Balaban J connectivity index is 2.25. The molecule has 0 spiro atoms. The van der Waals surface area contributed by atoms with Crippen LogP contribution in [0.2, 0.25) is 0 Å². The molecule has 1 fully saturated rings. The van der Waals surface area contributed by atoms with Crippen molar-refractivity contribution in [2.45, 2.75) is 57.0 Å². The maximum Gasteiger partial charge on any atom is 0.244 e. The number of hydrogen-bond donors (Lipinski definition) is 2. The van der Waals surface area contributed by atoms with Crippen LogP contribution in [-0.4, -0.2) is 36.0 Å². The quantitative estimate of drug-likeness (QED) is 0.807. The maximum atomic E-state index is 12.4. The van der Waals surface area contributed by atoms with Gasteiger partial charge in [-0.05, 0) is 33.1 Å². The van der Waals surface area contributed by atoms with Crippen molar-refractivity contribution in [2.75, 3.05) is 6.61 Å². The van der Waals surface area contributed by atoms with Crippen molar-refractivity contribution < 1.29 is 13.5 Å². The van der Waals surface area contributed by atoms with E-state index < -0.39 is 10.0 Å². The topological polar surface area (TPSA) is 84.2 Å². The molecule has 108 valence electrons. The number of sulfonamides is 1. The minimum absolute atomic E-state index is 0.0702. The van der Waals surface area contributed by atoms with Crippen molar-refractivity contribution in [2.24, 2.45) is 0 Å². The van der Waals surface area contributed by atoms with Gasteiger partial charge in [0.2, 0.25) is 10.0 Å². The molecule has 0 atom stereocenters. The molecule has 19 heavy (non-hydrogen) atoms. The molecule has 0 bridgehead atoms. The predicted octanol–water partition coefficient (Wildman–Crippen LogP) is 0.713. The number of aliphatic hydroxyl groups is 1. The average Bonchev–Trinajstić information content (AvgIpc) is 2.57. The van der Waals surface area contributed by atoms with Gasteiger partial charge in [-0.2, -0.15) is 5.10 Å². The molecule has 1 aliphatic rings. The van der Waals surface area contributed by atoms with Gasteiger partial charge in [0, 0.05) is 19.2 Å². The second-order valence-corrected chi connectivity index (χ2v) is 6.70. The second-order valence-electron chi connectivity index (χ2n) is 5.05. The number of nitrogens with one attached hydrogen (secondary N) is 1. The highest BCUT2D eigenvalue weighted by Gasteiger charge is 2.29. The SMILES string of the molecule is Cc1nn(CCCO)c(C)c1S(=O)(=O)NC1CCC1. The molecule has 0 aromatic carbocycles. The van der Waals surface area contributed by atoms with Crippen molar-refractivity contribution in [1.29, 1.82) is 0 Å². The normalized spacial score (nSPS) is 16.6. The molecular formula is C12H21N3O3S. The third-order valence-corrected chi connectivity index (χ3v) is 5.31. The predicted molar refractivity (Wildman–Crippen MR) is 71.4 cm³/mol. The number of nitrogens with zero attached hydrogens (tertiary/aromatic N) is 2. The van der Waals surface area contributed by atoms with Gasteiger partial charge in [-0.25, -0.2) is 13.1 Å². The van der Waals surface area contributed by atoms with E-state index in [1.807, 2.05) is 0 Å². The van der Waals surface area contributed by atoms with Crippen LogP contribution in [0.3, 0.4) is 0 Å². The lowest BCUT2D eigenvalue weighted by molar-refractivity contribution is 0.276. The zero-order valence-electron chi connectivity index (χ0n) is 11.4. The highest BCUT2D eigenvalue weighted by atomic mass is 32.2. The molecule has 1 aromatic heterocycles. The second kappa shape index (κ2) is 5.60. The molecule has 0 radical (unpaired) electrons. The minimum atomic E-state index is -3.48. The highest BCUT2D eigenvalue weighted by Crippen LogP contribution is 2.24. The number of hydrogen-bond acceptors (Lipinski definition) is 4. The molecular weight excluding hydrogens is 266 g/mol. The van der Waals surface area contributed by atoms with Gasteiger partial charge in [-0.1, -0.05) is 6.42 Å². The van der Waals surface area contributed by atoms with E-state index in [-0.39, 0.29) is 17.5 Å². The Bertz CT molecular complexity index is 547. The third kappa shape index (κ3) is 2.98. The first-order chi connectivity index (χ1) is 8.95. The van der Waals surface area contributed by atoms with Crippen LogP contribution in [-0.2, 0) is 16.6 Å². The lowest BCUT2D eigenvalue weighted by Gasteiger charge is -2.26. The molecule has 2 rings (SSSR count). The van der Waals surface area contributed by atoms with Crippen LogP contribution >= 0.6 is 0 Å². The molecule has 0 saturated heterocycles. The Labute approximate surface area is 113 Å². The van der Waals surface area contributed by atoms with Gasteiger partial charge in [-0.15, -0.1) is 0 Å². The zero-order chi connectivity index (χ0) is 14.0. The largest absolute Gasteiger partial charge is 0.396 e. The van der Waals surface area contributed by atoms with E-state index in [4.69, 9.17) is 5.11 Å². The Kier molecular flexibility index (Phi) is 4.27. The van der Waals surface area contributed by atoms with Gasteiger partial charge in [0.05, 0.1) is 11.4 Å². The number of rotatable bonds is 6. The Hall–Kier alpha value is -0.920. The summed E-state index contributed by atoms with van der Waals surface area (Å²) in [5.41, 5.74) is 1.15. The highest BCUT2D eigenvalue weighted by molar-refractivity contribution is 7.89. The van der Waals surface area contributed by atoms with E-state index in [2.05, 4.69) is 9.82 Å². The van der Waals surface area contributed by atoms with Gasteiger partial charge in [0.15, 0.2) is 0 Å². The summed E-state index contributed by atoms with van der Waals surface area (Å²) in [6.07, 6.45) is 3.48. The third-order valence-electron chi connectivity index (χ3n) is 3.54. The fraction of sp³-hybridized carbons (Fsp3) is 0.750. The molecule has 6 nitrogen and oxygen atoms in total. The molecule has 1 heterocycles. The van der Waals surface area contributed by atoms with E-state index in [9.17, 15) is 8.42 Å². The summed E-state index contributed by atoms with van der Waals surface area (Å²) in [6, 6.07) is 0.0737. The monoisotopic (exact) mass is 287 g/mol. The van der Waals surface area contributed by atoms with Gasteiger partial charge in [-0.3, -0.25) is 4.68 Å². The van der Waals surface area contributed by atoms with E-state index in [0.717, 1.165) is 19.3 Å². The molecule has 1 saturated carbocycles. The van der Waals surface area contributed by atoms with Crippen molar-refractivity contribution in [3.63, 3.8) is 0 Å². The first-order valence-corrected chi connectivity index (χ1v) is 8.11. The summed E-state index contributed by atoms with van der Waals surface area (Å²) < 4.78 is 29.1. The van der Waals surface area contributed by atoms with E-state index in [0.29, 0.717) is 24.4 Å². The molecule has 0 aliphatic heterocycles. The van der Waals surface area contributed by atoms with Gasteiger partial charge in [0.1, 0.15) is 4.90 Å². The molecule has 7 heteroatoms. The summed E-state index contributed by atoms with van der Waals surface area (Å²) in [5, 5.41) is 13.1. The summed E-state index contributed by atoms with van der Waals surface area (Å²) >= 11 is 0. The van der Waals surface area contributed by atoms with Crippen molar-refractivity contribution >= 4 is 10.0 Å². The van der Waals surface area contributed by atoms with Gasteiger partial charge >= 0.3 is 0 Å². The Morgan fingerprint density at radius 1 is 1.42 bits per heavy atom. The van der Waals surface area contributed by atoms with Crippen LogP contribution in [0, 0.1) is 13.8 Å². The number of aryl methyl sites for hydroxylation is 2. The summed E-state index contributed by atoms with van der Waals surface area (Å²) in [4.78, 5) is 0.289. The van der Waals surface area contributed by atoms with Crippen LogP contribution in [0.5, 0.6) is 0 Å². The first-order valence-electron chi connectivity index (χ1n) is 6.63. The smallest absolute Gasteiger partial charge is 0.244 e. The van der Waals surface area contributed by atoms with Crippen LogP contribution in [0.4, 0.5) is 0 Å². The maximum absolute atomic E-state index is 12.4. The fourth-order valence-corrected chi connectivity index (χ4v) is 4.03. The molecule has 0 amide bonds. The van der Waals surface area contributed by atoms with Gasteiger partial charge < -0.3 is 5.11 Å². The molecule has 1 aromatic rings. The van der Waals surface area contributed by atoms with Crippen LogP contribution in [0.15, 0.2) is 4.90 Å². The van der Waals surface area contributed by atoms with E-state index >= 15 is 0 Å². The zero-order valence-corrected chi connectivity index (χ0v) is 12.2. The van der Waals surface area contributed by atoms with Crippen molar-refractivity contribution in [1.82, 2.24) is 14.5 Å². The van der Waals surface area contributed by atoms with Crippen LogP contribution in [0.25, 0.3) is 0 Å². The van der Waals surface area contributed by atoms with E-state index in [1.54, 1.807) is 18.5 Å². The summed E-state index contributed by atoms with van der Waals surface area (Å²) in [6.45, 7) is 4.06. The minimum Gasteiger partial charge on any atom is -0.396 e. The molecule has 1 aliphatic carbocycles. The Morgan fingerprint density at radius 2 is 2.11 bits per heavy atom. The number of aromatic nitrogens is 2. The fourth-order valence-electron chi connectivity index (χ4n) is 2.31. The Morgan fingerprint density at radius 3 is 2.63 bits per heavy atom. The molecule has 0 unspecified atom stereocenters. The lowest BCUT2D eigenvalue weighted by Crippen LogP contribution is -2.39. The average molecular weight is 287 g/mol. The molecule has 2 N–H and O–H groups in total. The lowest BCUT2D eigenvalue weighted by atomic mass is 9.94. The first kappa shape index (κ1) is 14.5. The summed E-state index contributed by atoms with van der Waals surface area (Å²) in [5.74, 6) is 0. The standard InChI is InChI=1S/C12H21N3O3S/c1-9-12(10(2)15(13-9)7-4-8-16)19(17,18)14-11-5-3-6-11/h11,14,16H,3-8H2,1-2H3. The van der Waals surface area contributed by atoms with E-state index in [1.165, 1.54) is 0 Å². The summed E-state index contributed by atoms with van der Waals surface area (Å²) in [7, 11) is -3.48. The van der Waals surface area contributed by atoms with Gasteiger partial charge in [0.25, 0.3) is 0 Å². The van der Waals surface area contributed by atoms with Crippen molar-refractivity contribution in [3.8, 4) is 0 Å². The van der Waals surface area contributed by atoms with Crippen molar-refractivity contribution in [3.05, 3.63) is 11.4 Å². The van der Waals surface area contributed by atoms with Crippen LogP contribution in [0.1, 0.15) is 37.1 Å².